The smallest absolute Gasteiger partial charge is 0.459 e. The van der Waals surface area contributed by atoms with E-state index in [1.807, 2.05) is 55.4 Å². The van der Waals surface area contributed by atoms with Gasteiger partial charge in [-0.05, 0) is 68.1 Å². The van der Waals surface area contributed by atoms with E-state index in [-0.39, 0.29) is 27.9 Å². The predicted molar refractivity (Wildman–Crippen MR) is 198 cm³/mol. The molecule has 17 heteroatoms. The second kappa shape index (κ2) is 17.5. The molecule has 2 aliphatic heterocycles. The first-order chi connectivity index (χ1) is 24.0. The van der Waals surface area contributed by atoms with E-state index in [2.05, 4.69) is 5.09 Å². The Labute approximate surface area is 310 Å². The minimum absolute atomic E-state index is 0.163. The first-order valence-corrected chi connectivity index (χ1v) is 23.5. The van der Waals surface area contributed by atoms with Crippen molar-refractivity contribution in [2.45, 2.75) is 148 Å². The van der Waals surface area contributed by atoms with Gasteiger partial charge in [-0.1, -0.05) is 73.6 Å². The lowest BCUT2D eigenvalue weighted by molar-refractivity contribution is -0.150. The van der Waals surface area contributed by atoms with Crippen LogP contribution in [0, 0.1) is 0 Å². The predicted octanol–water partition coefficient (Wildman–Crippen LogP) is 6.81. The van der Waals surface area contributed by atoms with E-state index in [4.69, 9.17) is 27.1 Å². The summed E-state index contributed by atoms with van der Waals surface area (Å²) >= 11 is 0. The highest BCUT2D eigenvalue weighted by atomic mass is 31.2. The van der Waals surface area contributed by atoms with E-state index in [1.165, 1.54) is 26.1 Å². The Bertz CT molecular complexity index is 1460. The molecule has 1 saturated heterocycles. The summed E-state index contributed by atoms with van der Waals surface area (Å²) in [6.07, 6.45) is -2.97. The summed E-state index contributed by atoms with van der Waals surface area (Å²) in [5.74, 6) is -1.65. The van der Waals surface area contributed by atoms with Crippen molar-refractivity contribution in [1.29, 1.82) is 0 Å². The Morgan fingerprint density at radius 3 is 2.10 bits per heavy atom. The van der Waals surface area contributed by atoms with E-state index >= 15 is 4.39 Å². The van der Waals surface area contributed by atoms with Gasteiger partial charge in [0, 0.05) is 6.20 Å². The van der Waals surface area contributed by atoms with E-state index in [1.54, 1.807) is 44.2 Å². The molecule has 1 aromatic rings. The summed E-state index contributed by atoms with van der Waals surface area (Å²) in [5.41, 5.74) is -3.49. The number of benzene rings is 1. The van der Waals surface area contributed by atoms with Gasteiger partial charge in [0.25, 0.3) is 0 Å². The third kappa shape index (κ3) is 10.1. The molecule has 52 heavy (non-hydrogen) atoms. The fourth-order valence-electron chi connectivity index (χ4n) is 6.34. The van der Waals surface area contributed by atoms with E-state index in [0.29, 0.717) is 0 Å². The van der Waals surface area contributed by atoms with Crippen LogP contribution in [-0.2, 0) is 41.5 Å². The average Bonchev–Trinajstić information content (AvgIpc) is 3.27. The van der Waals surface area contributed by atoms with Gasteiger partial charge < -0.3 is 27.3 Å². The topological polar surface area (TPSA) is 159 Å². The first kappa shape index (κ1) is 44.1. The van der Waals surface area contributed by atoms with Crippen LogP contribution in [0.2, 0.25) is 22.2 Å². The summed E-state index contributed by atoms with van der Waals surface area (Å²) in [6.45, 7) is 20.6. The molecule has 2 heterocycles. The summed E-state index contributed by atoms with van der Waals surface area (Å²) in [7, 11) is -11.6. The number of hydrogen-bond acceptors (Lipinski definition) is 11. The fourth-order valence-corrected chi connectivity index (χ4v) is 17.8. The Kier molecular flexibility index (Phi) is 14.8. The van der Waals surface area contributed by atoms with Crippen molar-refractivity contribution in [3.05, 3.63) is 42.6 Å². The normalized spacial score (nSPS) is 24.8. The molecule has 1 aromatic carbocycles. The summed E-state index contributed by atoms with van der Waals surface area (Å²) in [4.78, 5) is 50.9. The highest BCUT2D eigenvalue weighted by Crippen LogP contribution is 2.50. The standard InChI is InChI=1S/C35H58FN2O11PSi2/c1-22(2)45-33(41)27(11)37-50(42,47-29-16-14-13-15-17-29)44-21-30-32(35(12,36)34(46-30)38-19-18-28(39)20-31(38)40)48-52(25(7)8,26(9)10)49-51(43,23(3)4)24(5)6/h13-19,22-27,30,32,34,43H,20-21H2,1-12H3,(H,37,42)/t27-,30+,32+,34+,35+,50?/m0/s1. The molecule has 3 rings (SSSR count). The van der Waals surface area contributed by atoms with Gasteiger partial charge in [0.05, 0.1) is 19.1 Å². The van der Waals surface area contributed by atoms with Crippen molar-refractivity contribution >= 4 is 42.5 Å². The molecule has 13 nitrogen and oxygen atoms in total. The lowest BCUT2D eigenvalue weighted by atomic mass is 9.97. The van der Waals surface area contributed by atoms with Crippen LogP contribution < -0.4 is 9.61 Å². The molecule has 2 aliphatic rings. The molecule has 1 amide bonds. The van der Waals surface area contributed by atoms with Crippen LogP contribution in [0.5, 0.6) is 5.75 Å². The lowest BCUT2D eigenvalue weighted by Crippen LogP contribution is -2.63. The number of nitrogens with one attached hydrogen (secondary N) is 1. The number of carbonyl (C=O) groups excluding carboxylic acids is 3. The zero-order chi connectivity index (χ0) is 39.4. The Morgan fingerprint density at radius 1 is 1.02 bits per heavy atom. The van der Waals surface area contributed by atoms with Crippen LogP contribution in [0.15, 0.2) is 42.6 Å². The number of ketones is 1. The second-order valence-corrected chi connectivity index (χ2v) is 25.5. The summed E-state index contributed by atoms with van der Waals surface area (Å²) in [5, 5.41) is 2.62. The maximum absolute atomic E-state index is 17.6. The minimum atomic E-state index is -4.44. The van der Waals surface area contributed by atoms with E-state index in [9.17, 15) is 23.7 Å². The van der Waals surface area contributed by atoms with Crippen molar-refractivity contribution in [3.8, 4) is 5.75 Å². The molecule has 0 spiro atoms. The van der Waals surface area contributed by atoms with E-state index < -0.39 is 91.8 Å². The first-order valence-electron chi connectivity index (χ1n) is 17.9. The van der Waals surface area contributed by atoms with Gasteiger partial charge in [0.15, 0.2) is 17.7 Å². The molecule has 0 aliphatic carbocycles. The van der Waals surface area contributed by atoms with Crippen molar-refractivity contribution in [3.63, 3.8) is 0 Å². The number of alkyl halides is 1. The second-order valence-electron chi connectivity index (χ2n) is 15.2. The van der Waals surface area contributed by atoms with Crippen LogP contribution in [0.3, 0.4) is 0 Å². The molecule has 0 bridgehead atoms. The maximum atomic E-state index is 17.6. The quantitative estimate of drug-likeness (QED) is 0.0694. The number of hydrogen-bond donors (Lipinski definition) is 2. The van der Waals surface area contributed by atoms with E-state index in [0.717, 1.165) is 4.90 Å². The van der Waals surface area contributed by atoms with Crippen LogP contribution in [0.25, 0.3) is 0 Å². The molecule has 0 saturated carbocycles. The van der Waals surface area contributed by atoms with Crippen LogP contribution in [-0.4, -0.2) is 87.3 Å². The van der Waals surface area contributed by atoms with Crippen LogP contribution >= 0.6 is 7.75 Å². The molecule has 1 unspecified atom stereocenters. The molecule has 6 atom stereocenters. The number of para-hydroxylation sites is 1. The number of rotatable bonds is 18. The highest BCUT2D eigenvalue weighted by molar-refractivity contribution is 7.52. The van der Waals surface area contributed by atoms with Gasteiger partial charge in [0.1, 0.15) is 24.0 Å². The largest absolute Gasteiger partial charge is 0.462 e. The maximum Gasteiger partial charge on any atom is 0.459 e. The van der Waals surface area contributed by atoms with Gasteiger partial charge in [-0.25, -0.2) is 8.96 Å². The number of allylic oxidation sites excluding steroid dienone is 1. The Morgan fingerprint density at radius 2 is 1.60 bits per heavy atom. The number of nitrogens with zero attached hydrogens (tertiary/aromatic N) is 1. The third-order valence-corrected chi connectivity index (χ3v) is 20.7. The van der Waals surface area contributed by atoms with Crippen molar-refractivity contribution in [2.75, 3.05) is 6.61 Å². The van der Waals surface area contributed by atoms with Gasteiger partial charge in [-0.3, -0.25) is 23.8 Å². The van der Waals surface area contributed by atoms with Gasteiger partial charge in [0.2, 0.25) is 5.91 Å². The average molecular weight is 789 g/mol. The monoisotopic (exact) mass is 788 g/mol. The fraction of sp³-hybridized carbons (Fsp3) is 0.686. The van der Waals surface area contributed by atoms with Crippen molar-refractivity contribution in [1.82, 2.24) is 9.99 Å². The minimum Gasteiger partial charge on any atom is -0.462 e. The molecular weight excluding hydrogens is 731 g/mol. The number of carbonyl (C=O) groups is 3. The van der Waals surface area contributed by atoms with Crippen molar-refractivity contribution in [2.24, 2.45) is 0 Å². The third-order valence-electron chi connectivity index (χ3n) is 9.30. The van der Waals surface area contributed by atoms with Gasteiger partial charge in [-0.15, -0.1) is 0 Å². The summed E-state index contributed by atoms with van der Waals surface area (Å²) in [6, 6.07) is 7.01. The molecule has 294 valence electrons. The Balaban J connectivity index is 2.11. The number of ether oxygens (including phenoxy) is 2. The Hall–Kier alpha value is -2.28. The number of esters is 1. The highest BCUT2D eigenvalue weighted by Gasteiger charge is 2.64. The van der Waals surface area contributed by atoms with Gasteiger partial charge in [-0.2, -0.15) is 5.09 Å². The zero-order valence-electron chi connectivity index (χ0n) is 32.5. The lowest BCUT2D eigenvalue weighted by Gasteiger charge is -2.48. The SMILES string of the molecule is CC(C)OC(=O)[C@H](C)NP(=O)(OC[C@H]1O[C@@H](N2C=CC(=O)CC2=O)[C@](C)(F)[C@@H]1O[Si](O[Si](O)(C(C)C)C(C)C)(C(C)C)C(C)C)Oc1ccccc1. The molecule has 1 fully saturated rings. The molecule has 0 aromatic heterocycles. The molecule has 0 radical (unpaired) electrons. The number of amides is 1. The zero-order valence-corrected chi connectivity index (χ0v) is 35.3. The van der Waals surface area contributed by atoms with Crippen LogP contribution in [0.1, 0.15) is 89.5 Å². The summed E-state index contributed by atoms with van der Waals surface area (Å²) < 4.78 is 69.1. The van der Waals surface area contributed by atoms with Crippen LogP contribution in [0.4, 0.5) is 4.39 Å². The van der Waals surface area contributed by atoms with Crippen molar-refractivity contribution < 1.29 is 55.2 Å². The molecular formula is C35H58FN2O11PSi2. The molecule has 2 N–H and O–H groups in total. The van der Waals surface area contributed by atoms with Gasteiger partial charge >= 0.3 is 30.8 Å². The number of halogens is 1.